The minimum Gasteiger partial charge on any atom is -0.406 e. The third-order valence-electron chi connectivity index (χ3n) is 3.88. The number of hydrogen-bond donors (Lipinski definition) is 1. The van der Waals surface area contributed by atoms with Gasteiger partial charge in [0.15, 0.2) is 11.0 Å². The number of amides is 1. The fourth-order valence-electron chi connectivity index (χ4n) is 2.49. The molecule has 0 bridgehead atoms. The summed E-state index contributed by atoms with van der Waals surface area (Å²) in [7, 11) is 3.37. The molecule has 0 aliphatic heterocycles. The van der Waals surface area contributed by atoms with Crippen molar-refractivity contribution in [2.75, 3.05) is 11.1 Å². The number of alkyl halides is 3. The summed E-state index contributed by atoms with van der Waals surface area (Å²) in [5.74, 6) is -0.190. The van der Waals surface area contributed by atoms with Crippen LogP contribution < -0.4 is 15.6 Å². The number of pyridine rings is 1. The van der Waals surface area contributed by atoms with Crippen LogP contribution in [0.5, 0.6) is 5.75 Å². The number of hydrogen-bond acceptors (Lipinski definition) is 6. The second-order valence-electron chi connectivity index (χ2n) is 6.14. The molecule has 0 saturated heterocycles. The van der Waals surface area contributed by atoms with Gasteiger partial charge in [-0.2, -0.15) is 0 Å². The number of anilines is 1. The van der Waals surface area contributed by atoms with Crippen molar-refractivity contribution in [2.45, 2.75) is 11.5 Å². The van der Waals surface area contributed by atoms with Gasteiger partial charge in [-0.25, -0.2) is 0 Å². The van der Waals surface area contributed by atoms with Crippen molar-refractivity contribution >= 4 is 23.4 Å². The summed E-state index contributed by atoms with van der Waals surface area (Å²) >= 11 is 1.14. The number of nitrogens with zero attached hydrogens (tertiary/aromatic N) is 4. The predicted octanol–water partition coefficient (Wildman–Crippen LogP) is 2.81. The first-order valence-corrected chi connectivity index (χ1v) is 9.46. The largest absolute Gasteiger partial charge is 0.573 e. The van der Waals surface area contributed by atoms with Crippen LogP contribution in [0.25, 0.3) is 11.4 Å². The van der Waals surface area contributed by atoms with E-state index in [1.165, 1.54) is 22.8 Å². The van der Waals surface area contributed by atoms with E-state index in [4.69, 9.17) is 0 Å². The molecular weight excluding hydrogens is 423 g/mol. The molecule has 0 spiro atoms. The van der Waals surface area contributed by atoms with Gasteiger partial charge in [-0.1, -0.05) is 11.8 Å². The molecule has 1 aromatic carbocycles. The molecule has 0 aliphatic rings. The average Bonchev–Trinajstić information content (AvgIpc) is 3.03. The molecule has 0 atom stereocenters. The zero-order valence-corrected chi connectivity index (χ0v) is 16.6. The van der Waals surface area contributed by atoms with Crippen molar-refractivity contribution in [3.8, 4) is 17.1 Å². The Balaban J connectivity index is 1.59. The molecule has 158 valence electrons. The summed E-state index contributed by atoms with van der Waals surface area (Å²) in [4.78, 5) is 23.6. The Morgan fingerprint density at radius 1 is 1.13 bits per heavy atom. The number of carbonyl (C=O) groups is 1. The number of halogens is 3. The van der Waals surface area contributed by atoms with E-state index in [-0.39, 0.29) is 23.0 Å². The number of benzene rings is 1. The van der Waals surface area contributed by atoms with Gasteiger partial charge in [-0.05, 0) is 30.3 Å². The fourth-order valence-corrected chi connectivity index (χ4v) is 3.20. The normalized spacial score (nSPS) is 11.4. The molecule has 0 unspecified atom stereocenters. The zero-order chi connectivity index (χ0) is 21.9. The van der Waals surface area contributed by atoms with E-state index in [1.807, 2.05) is 0 Å². The molecule has 1 N–H and O–H groups in total. The second-order valence-corrected chi connectivity index (χ2v) is 7.08. The number of aryl methyl sites for hydroxylation is 1. The Hall–Kier alpha value is -3.28. The van der Waals surface area contributed by atoms with Crippen molar-refractivity contribution in [3.63, 3.8) is 0 Å². The molecule has 3 rings (SSSR count). The summed E-state index contributed by atoms with van der Waals surface area (Å²) in [6, 6.07) is 7.90. The second kappa shape index (κ2) is 8.61. The molecule has 3 aromatic rings. The van der Waals surface area contributed by atoms with Gasteiger partial charge in [0.2, 0.25) is 11.5 Å². The van der Waals surface area contributed by atoms with Crippen LogP contribution in [0.3, 0.4) is 0 Å². The van der Waals surface area contributed by atoms with Crippen LogP contribution in [0.4, 0.5) is 18.9 Å². The van der Waals surface area contributed by atoms with Gasteiger partial charge in [0.05, 0.1) is 5.75 Å². The third-order valence-corrected chi connectivity index (χ3v) is 4.90. The van der Waals surface area contributed by atoms with Gasteiger partial charge in [0.1, 0.15) is 5.75 Å². The van der Waals surface area contributed by atoms with E-state index in [2.05, 4.69) is 20.3 Å². The first kappa shape index (κ1) is 21.4. The maximum atomic E-state index is 12.2. The summed E-state index contributed by atoms with van der Waals surface area (Å²) < 4.78 is 43.4. The SMILES string of the molecule is Cn1c(SCC(=O)Nc2ccc(OC(F)(F)F)cc2)nnc1-c1ccc(=O)n(C)c1. The zero-order valence-electron chi connectivity index (χ0n) is 15.8. The summed E-state index contributed by atoms with van der Waals surface area (Å²) in [6.07, 6.45) is -3.13. The van der Waals surface area contributed by atoms with Crippen LogP contribution in [0.15, 0.2) is 52.5 Å². The third kappa shape index (κ3) is 5.41. The molecule has 0 fully saturated rings. The number of thioether (sulfide) groups is 1. The van der Waals surface area contributed by atoms with Crippen molar-refractivity contribution in [2.24, 2.45) is 14.1 Å². The molecule has 2 aromatic heterocycles. The standard InChI is InChI=1S/C18H16F3N5O3S/c1-25-9-11(3-8-15(25)28)16-23-24-17(26(16)2)30-10-14(27)22-12-4-6-13(7-5-12)29-18(19,20)21/h3-9H,10H2,1-2H3,(H,22,27). The first-order chi connectivity index (χ1) is 14.1. The highest BCUT2D eigenvalue weighted by Crippen LogP contribution is 2.25. The van der Waals surface area contributed by atoms with E-state index in [0.717, 1.165) is 23.9 Å². The van der Waals surface area contributed by atoms with E-state index in [9.17, 15) is 22.8 Å². The quantitative estimate of drug-likeness (QED) is 0.594. The molecule has 30 heavy (non-hydrogen) atoms. The van der Waals surface area contributed by atoms with Crippen molar-refractivity contribution < 1.29 is 22.7 Å². The highest BCUT2D eigenvalue weighted by Gasteiger charge is 2.30. The minimum absolute atomic E-state index is 0.0139. The van der Waals surface area contributed by atoms with Crippen LogP contribution in [-0.2, 0) is 18.9 Å². The minimum atomic E-state index is -4.77. The highest BCUT2D eigenvalue weighted by atomic mass is 32.2. The smallest absolute Gasteiger partial charge is 0.406 e. The number of ether oxygens (including phenoxy) is 1. The monoisotopic (exact) mass is 439 g/mol. The van der Waals surface area contributed by atoms with E-state index in [0.29, 0.717) is 22.2 Å². The molecule has 12 heteroatoms. The van der Waals surface area contributed by atoms with Crippen molar-refractivity contribution in [3.05, 3.63) is 52.9 Å². The Labute approximate surface area is 172 Å². The van der Waals surface area contributed by atoms with Crippen LogP contribution in [-0.4, -0.2) is 37.4 Å². The van der Waals surface area contributed by atoms with Gasteiger partial charge in [-0.15, -0.1) is 23.4 Å². The molecule has 0 aliphatic carbocycles. The Morgan fingerprint density at radius 3 is 2.47 bits per heavy atom. The lowest BCUT2D eigenvalue weighted by Crippen LogP contribution is -2.17. The molecule has 2 heterocycles. The van der Waals surface area contributed by atoms with Gasteiger partial charge in [-0.3, -0.25) is 9.59 Å². The maximum Gasteiger partial charge on any atom is 0.573 e. The van der Waals surface area contributed by atoms with E-state index in [1.54, 1.807) is 30.9 Å². The molecule has 0 saturated carbocycles. The maximum absolute atomic E-state index is 12.2. The number of nitrogens with one attached hydrogen (secondary N) is 1. The topological polar surface area (TPSA) is 91.0 Å². The van der Waals surface area contributed by atoms with Gasteiger partial charge < -0.3 is 19.2 Å². The van der Waals surface area contributed by atoms with Gasteiger partial charge in [0, 0.05) is 37.6 Å². The lowest BCUT2D eigenvalue weighted by molar-refractivity contribution is -0.274. The Kier molecular flexibility index (Phi) is 6.15. The Morgan fingerprint density at radius 2 is 1.83 bits per heavy atom. The van der Waals surface area contributed by atoms with Crippen LogP contribution in [0, 0.1) is 0 Å². The highest BCUT2D eigenvalue weighted by molar-refractivity contribution is 7.99. The van der Waals surface area contributed by atoms with Crippen molar-refractivity contribution in [1.29, 1.82) is 0 Å². The molecule has 1 amide bonds. The van der Waals surface area contributed by atoms with Gasteiger partial charge in [0.25, 0.3) is 0 Å². The predicted molar refractivity (Wildman–Crippen MR) is 104 cm³/mol. The number of carbonyl (C=O) groups excluding carboxylic acids is 1. The fraction of sp³-hybridized carbons (Fsp3) is 0.222. The van der Waals surface area contributed by atoms with Crippen LogP contribution in [0.2, 0.25) is 0 Å². The van der Waals surface area contributed by atoms with Crippen molar-refractivity contribution in [1.82, 2.24) is 19.3 Å². The van der Waals surface area contributed by atoms with Gasteiger partial charge >= 0.3 is 6.36 Å². The summed E-state index contributed by atoms with van der Waals surface area (Å²) in [5.41, 5.74) is 0.883. The van der Waals surface area contributed by atoms with E-state index >= 15 is 0 Å². The van der Waals surface area contributed by atoms with E-state index < -0.39 is 6.36 Å². The lowest BCUT2D eigenvalue weighted by Gasteiger charge is -2.10. The summed E-state index contributed by atoms with van der Waals surface area (Å²) in [6.45, 7) is 0. The summed E-state index contributed by atoms with van der Waals surface area (Å²) in [5, 5.41) is 11.2. The van der Waals surface area contributed by atoms with Crippen LogP contribution >= 0.6 is 11.8 Å². The molecule has 8 nitrogen and oxygen atoms in total. The Bertz CT molecular complexity index is 1110. The number of aromatic nitrogens is 4. The molecule has 0 radical (unpaired) electrons. The number of rotatable bonds is 6. The lowest BCUT2D eigenvalue weighted by atomic mass is 10.2. The molecular formula is C18H16F3N5O3S. The average molecular weight is 439 g/mol. The van der Waals surface area contributed by atoms with Crippen LogP contribution in [0.1, 0.15) is 0 Å². The first-order valence-electron chi connectivity index (χ1n) is 8.47.